The second kappa shape index (κ2) is 9.02. The third-order valence-corrected chi connectivity index (χ3v) is 2.90. The number of amides is 2. The van der Waals surface area contributed by atoms with Gasteiger partial charge in [-0.25, -0.2) is 4.39 Å². The lowest BCUT2D eigenvalue weighted by molar-refractivity contribution is -0.136. The van der Waals surface area contributed by atoms with Gasteiger partial charge in [0.2, 0.25) is 0 Å². The normalized spacial score (nSPS) is 11.9. The number of benzene rings is 1. The van der Waals surface area contributed by atoms with E-state index in [4.69, 9.17) is 4.74 Å². The van der Waals surface area contributed by atoms with Crippen molar-refractivity contribution in [3.8, 4) is 5.75 Å². The second-order valence-corrected chi connectivity index (χ2v) is 5.51. The van der Waals surface area contributed by atoms with Crippen molar-refractivity contribution >= 4 is 17.5 Å². The van der Waals surface area contributed by atoms with Crippen LogP contribution in [0, 0.1) is 5.92 Å². The molecule has 1 aromatic carbocycles. The molecule has 1 rings (SSSR count). The highest BCUT2D eigenvalue weighted by molar-refractivity contribution is 6.39. The largest absolute Gasteiger partial charge is 0.491 e. The Morgan fingerprint density at radius 1 is 1.18 bits per heavy atom. The first-order chi connectivity index (χ1) is 10.4. The van der Waals surface area contributed by atoms with Gasteiger partial charge in [0.1, 0.15) is 12.4 Å². The summed E-state index contributed by atoms with van der Waals surface area (Å²) >= 11 is 0. The van der Waals surface area contributed by atoms with E-state index < -0.39 is 24.5 Å². The zero-order valence-corrected chi connectivity index (χ0v) is 13.2. The number of hydrogen-bond acceptors (Lipinski definition) is 3. The summed E-state index contributed by atoms with van der Waals surface area (Å²) in [6.07, 6.45) is 0.886. The molecule has 22 heavy (non-hydrogen) atoms. The van der Waals surface area contributed by atoms with Crippen molar-refractivity contribution in [3.05, 3.63) is 24.3 Å². The van der Waals surface area contributed by atoms with Crippen molar-refractivity contribution in [2.45, 2.75) is 33.2 Å². The van der Waals surface area contributed by atoms with Crippen molar-refractivity contribution in [3.63, 3.8) is 0 Å². The predicted octanol–water partition coefficient (Wildman–Crippen LogP) is 2.52. The lowest BCUT2D eigenvalue weighted by Gasteiger charge is -2.14. The van der Waals surface area contributed by atoms with E-state index in [0.29, 0.717) is 24.0 Å². The van der Waals surface area contributed by atoms with Gasteiger partial charge in [-0.3, -0.25) is 9.59 Å². The number of halogens is 1. The Balaban J connectivity index is 2.64. The van der Waals surface area contributed by atoms with Crippen LogP contribution < -0.4 is 15.4 Å². The lowest BCUT2D eigenvalue weighted by atomic mass is 10.1. The van der Waals surface area contributed by atoms with Crippen LogP contribution in [0.5, 0.6) is 5.75 Å². The van der Waals surface area contributed by atoms with Gasteiger partial charge in [0.25, 0.3) is 0 Å². The van der Waals surface area contributed by atoms with Crippen LogP contribution in [0.3, 0.4) is 0 Å². The molecule has 1 aromatic rings. The molecular formula is C16H23FN2O3. The van der Waals surface area contributed by atoms with Gasteiger partial charge in [-0.2, -0.15) is 0 Å². The molecule has 0 radical (unpaired) electrons. The van der Waals surface area contributed by atoms with E-state index in [-0.39, 0.29) is 0 Å². The average Bonchev–Trinajstić information content (AvgIpc) is 2.48. The summed E-state index contributed by atoms with van der Waals surface area (Å²) in [6.45, 7) is 5.46. The second-order valence-electron chi connectivity index (χ2n) is 5.51. The Morgan fingerprint density at radius 3 is 2.50 bits per heavy atom. The number of carbonyl (C=O) groups excluding carboxylic acids is 2. The maximum Gasteiger partial charge on any atom is 0.313 e. The molecule has 1 unspecified atom stereocenters. The third-order valence-electron chi connectivity index (χ3n) is 2.90. The van der Waals surface area contributed by atoms with Crippen molar-refractivity contribution in [1.29, 1.82) is 0 Å². The molecule has 1 atom stereocenters. The number of alkyl halides is 1. The molecule has 0 saturated heterocycles. The molecule has 0 fully saturated rings. The third kappa shape index (κ3) is 6.11. The van der Waals surface area contributed by atoms with Crippen LogP contribution in [0.15, 0.2) is 24.3 Å². The van der Waals surface area contributed by atoms with Gasteiger partial charge in [0.05, 0.1) is 18.3 Å². The van der Waals surface area contributed by atoms with E-state index in [2.05, 4.69) is 24.5 Å². The molecule has 6 heteroatoms. The number of ether oxygens (including phenoxy) is 1. The number of hydrogen-bond donors (Lipinski definition) is 2. The fourth-order valence-electron chi connectivity index (χ4n) is 1.61. The number of rotatable bonds is 7. The first kappa shape index (κ1) is 17.9. The average molecular weight is 310 g/mol. The van der Waals surface area contributed by atoms with Gasteiger partial charge in [-0.05, 0) is 31.4 Å². The van der Waals surface area contributed by atoms with Gasteiger partial charge < -0.3 is 15.4 Å². The maximum absolute atomic E-state index is 12.3. The summed E-state index contributed by atoms with van der Waals surface area (Å²) in [5.74, 6) is -0.708. The summed E-state index contributed by atoms with van der Waals surface area (Å²) in [4.78, 5) is 23.4. The van der Waals surface area contributed by atoms with E-state index in [9.17, 15) is 14.0 Å². The SMILES string of the molecule is CC(C)CCOc1ccccc1NC(=O)C(=O)NC(C)CF. The number of nitrogens with one attached hydrogen (secondary N) is 2. The number of anilines is 1. The minimum absolute atomic E-state index is 0.416. The standard InChI is InChI=1S/C16H23FN2O3/c1-11(2)8-9-22-14-7-5-4-6-13(14)19-16(21)15(20)18-12(3)10-17/h4-7,11-12H,8-10H2,1-3H3,(H,18,20)(H,19,21). The first-order valence-corrected chi connectivity index (χ1v) is 7.33. The van der Waals surface area contributed by atoms with E-state index in [1.54, 1.807) is 24.3 Å². The van der Waals surface area contributed by atoms with Gasteiger partial charge in [0.15, 0.2) is 0 Å². The highest BCUT2D eigenvalue weighted by Crippen LogP contribution is 2.24. The van der Waals surface area contributed by atoms with E-state index >= 15 is 0 Å². The van der Waals surface area contributed by atoms with Gasteiger partial charge in [-0.1, -0.05) is 26.0 Å². The van der Waals surface area contributed by atoms with E-state index in [1.165, 1.54) is 6.92 Å². The Bertz CT molecular complexity index is 506. The minimum Gasteiger partial charge on any atom is -0.491 e. The van der Waals surface area contributed by atoms with Crippen molar-refractivity contribution in [2.24, 2.45) is 5.92 Å². The van der Waals surface area contributed by atoms with Gasteiger partial charge in [-0.15, -0.1) is 0 Å². The topological polar surface area (TPSA) is 67.4 Å². The van der Waals surface area contributed by atoms with Crippen LogP contribution in [-0.2, 0) is 9.59 Å². The van der Waals surface area contributed by atoms with Crippen molar-refractivity contribution in [2.75, 3.05) is 18.6 Å². The minimum atomic E-state index is -0.873. The fourth-order valence-corrected chi connectivity index (χ4v) is 1.61. The molecule has 0 aliphatic heterocycles. The Hall–Kier alpha value is -2.11. The maximum atomic E-state index is 12.3. The fraction of sp³-hybridized carbons (Fsp3) is 0.500. The molecular weight excluding hydrogens is 287 g/mol. The van der Waals surface area contributed by atoms with Crippen LogP contribution in [0.2, 0.25) is 0 Å². The van der Waals surface area contributed by atoms with Crippen molar-refractivity contribution in [1.82, 2.24) is 5.32 Å². The molecule has 0 aliphatic carbocycles. The van der Waals surface area contributed by atoms with Gasteiger partial charge >= 0.3 is 11.8 Å². The Labute approximate surface area is 130 Å². The molecule has 0 saturated carbocycles. The Kier molecular flexibility index (Phi) is 7.36. The van der Waals surface area contributed by atoms with Crippen LogP contribution in [0.4, 0.5) is 10.1 Å². The number of para-hydroxylation sites is 2. The van der Waals surface area contributed by atoms with Crippen LogP contribution in [0.1, 0.15) is 27.2 Å². The number of carbonyl (C=O) groups is 2. The summed E-state index contributed by atoms with van der Waals surface area (Å²) in [5, 5.41) is 4.74. The Morgan fingerprint density at radius 2 is 1.86 bits per heavy atom. The zero-order chi connectivity index (χ0) is 16.5. The van der Waals surface area contributed by atoms with Crippen LogP contribution in [0.25, 0.3) is 0 Å². The summed E-state index contributed by atoms with van der Waals surface area (Å²) < 4.78 is 18.0. The van der Waals surface area contributed by atoms with Crippen LogP contribution >= 0.6 is 0 Å². The van der Waals surface area contributed by atoms with Gasteiger partial charge in [0, 0.05) is 0 Å². The summed E-state index contributed by atoms with van der Waals surface area (Å²) in [6, 6.07) is 6.18. The highest BCUT2D eigenvalue weighted by Gasteiger charge is 2.17. The summed E-state index contributed by atoms with van der Waals surface area (Å²) in [7, 11) is 0. The quantitative estimate of drug-likeness (QED) is 0.761. The predicted molar refractivity (Wildman–Crippen MR) is 83.6 cm³/mol. The van der Waals surface area contributed by atoms with Crippen LogP contribution in [-0.4, -0.2) is 31.1 Å². The molecule has 0 aromatic heterocycles. The molecule has 0 bridgehead atoms. The smallest absolute Gasteiger partial charge is 0.313 e. The highest BCUT2D eigenvalue weighted by atomic mass is 19.1. The van der Waals surface area contributed by atoms with E-state index in [1.807, 2.05) is 0 Å². The molecule has 2 N–H and O–H groups in total. The molecule has 2 amide bonds. The lowest BCUT2D eigenvalue weighted by Crippen LogP contribution is -2.41. The zero-order valence-electron chi connectivity index (χ0n) is 13.2. The molecule has 122 valence electrons. The van der Waals surface area contributed by atoms with Crippen molar-refractivity contribution < 1.29 is 18.7 Å². The monoisotopic (exact) mass is 310 g/mol. The summed E-state index contributed by atoms with van der Waals surface area (Å²) in [5.41, 5.74) is 0.416. The molecule has 0 heterocycles. The first-order valence-electron chi connectivity index (χ1n) is 7.33. The van der Waals surface area contributed by atoms with E-state index in [0.717, 1.165) is 6.42 Å². The molecule has 0 aliphatic rings. The molecule has 0 spiro atoms. The molecule has 5 nitrogen and oxygen atoms in total.